The van der Waals surface area contributed by atoms with Crippen LogP contribution in [0.3, 0.4) is 0 Å². The Morgan fingerprint density at radius 2 is 1.83 bits per heavy atom. The molecule has 0 spiro atoms. The van der Waals surface area contributed by atoms with Crippen molar-refractivity contribution >= 4 is 55.5 Å². The van der Waals surface area contributed by atoms with Gasteiger partial charge in [0.05, 0.1) is 17.1 Å². The zero-order chi connectivity index (χ0) is 24.5. The summed E-state index contributed by atoms with van der Waals surface area (Å²) < 4.78 is 3.98. The molecule has 0 bridgehead atoms. The molecule has 0 radical (unpaired) electrons. The number of rotatable bonds is 5. The number of para-hydroxylation sites is 2. The number of fused-ring (bicyclic) bond motifs is 2. The van der Waals surface area contributed by atoms with E-state index >= 15 is 0 Å². The van der Waals surface area contributed by atoms with Crippen LogP contribution in [0.5, 0.6) is 0 Å². The van der Waals surface area contributed by atoms with E-state index in [0.717, 1.165) is 32.2 Å². The summed E-state index contributed by atoms with van der Waals surface area (Å²) in [5.41, 5.74) is 3.87. The van der Waals surface area contributed by atoms with Crippen LogP contribution in [0.2, 0.25) is 0 Å². The van der Waals surface area contributed by atoms with Crippen molar-refractivity contribution in [1.29, 1.82) is 0 Å². The number of halogens is 1. The number of carbonyl (C=O) groups excluding carboxylic acids is 1. The third kappa shape index (κ3) is 4.52. The average Bonchev–Trinajstić information content (AvgIpc) is 3.18. The summed E-state index contributed by atoms with van der Waals surface area (Å²) in [6.07, 6.45) is 3.51. The molecule has 7 nitrogen and oxygen atoms in total. The number of carbonyl (C=O) groups is 1. The standard InChI is InChI=1S/C27H22BrN5O2/c1-17-7-3-5-9-23(17)31-26(34)16-32-15-19(21-8-4-6-10-25(21)32)14-29-33-18(2)30-24-12-11-20(28)13-22(24)27(33)35/h3-15H,16H2,1-2H3,(H,31,34). The van der Waals surface area contributed by atoms with Crippen molar-refractivity contribution in [2.75, 3.05) is 5.32 Å². The lowest BCUT2D eigenvalue weighted by atomic mass is 10.2. The number of anilines is 1. The van der Waals surface area contributed by atoms with Gasteiger partial charge in [0.15, 0.2) is 0 Å². The maximum Gasteiger partial charge on any atom is 0.282 e. The molecule has 2 heterocycles. The van der Waals surface area contributed by atoms with Crippen molar-refractivity contribution in [3.8, 4) is 0 Å². The largest absolute Gasteiger partial charge is 0.337 e. The number of nitrogens with zero attached hydrogens (tertiary/aromatic N) is 4. The second-order valence-electron chi connectivity index (χ2n) is 8.27. The quantitative estimate of drug-likeness (QED) is 0.317. The summed E-state index contributed by atoms with van der Waals surface area (Å²) in [6, 6.07) is 20.9. The van der Waals surface area contributed by atoms with E-state index in [0.29, 0.717) is 16.7 Å². The van der Waals surface area contributed by atoms with Crippen LogP contribution in [0.15, 0.2) is 87.3 Å². The Kier molecular flexibility index (Phi) is 6.05. The fourth-order valence-electron chi connectivity index (χ4n) is 4.08. The van der Waals surface area contributed by atoms with Crippen molar-refractivity contribution in [3.05, 3.63) is 105 Å². The van der Waals surface area contributed by atoms with Crippen molar-refractivity contribution in [2.45, 2.75) is 20.4 Å². The maximum atomic E-state index is 13.1. The zero-order valence-electron chi connectivity index (χ0n) is 19.2. The van der Waals surface area contributed by atoms with Gasteiger partial charge in [-0.2, -0.15) is 9.78 Å². The number of aryl methyl sites for hydroxylation is 2. The molecule has 0 saturated heterocycles. The van der Waals surface area contributed by atoms with Gasteiger partial charge in [0.1, 0.15) is 12.4 Å². The highest BCUT2D eigenvalue weighted by Crippen LogP contribution is 2.21. The normalized spacial score (nSPS) is 11.5. The minimum absolute atomic E-state index is 0.125. The highest BCUT2D eigenvalue weighted by Gasteiger charge is 2.12. The van der Waals surface area contributed by atoms with E-state index < -0.39 is 0 Å². The van der Waals surface area contributed by atoms with Crippen LogP contribution in [-0.4, -0.2) is 26.3 Å². The maximum absolute atomic E-state index is 13.1. The first kappa shape index (κ1) is 22.7. The monoisotopic (exact) mass is 527 g/mol. The first-order chi connectivity index (χ1) is 16.9. The van der Waals surface area contributed by atoms with Crippen LogP contribution >= 0.6 is 15.9 Å². The lowest BCUT2D eigenvalue weighted by molar-refractivity contribution is -0.116. The second-order valence-corrected chi connectivity index (χ2v) is 9.19. The highest BCUT2D eigenvalue weighted by atomic mass is 79.9. The third-order valence-electron chi connectivity index (χ3n) is 5.83. The van der Waals surface area contributed by atoms with E-state index in [1.54, 1.807) is 25.3 Å². The Morgan fingerprint density at radius 3 is 2.66 bits per heavy atom. The molecule has 5 rings (SSSR count). The SMILES string of the molecule is Cc1ccccc1NC(=O)Cn1cc(C=Nn2c(C)nc3ccc(Br)cc3c2=O)c2ccccc21. The topological polar surface area (TPSA) is 81.3 Å². The van der Waals surface area contributed by atoms with E-state index in [1.165, 1.54) is 4.68 Å². The second kappa shape index (κ2) is 9.31. The molecule has 1 N–H and O–H groups in total. The summed E-state index contributed by atoms with van der Waals surface area (Å²) in [4.78, 5) is 30.4. The summed E-state index contributed by atoms with van der Waals surface area (Å²) in [6.45, 7) is 3.85. The van der Waals surface area contributed by atoms with Gasteiger partial charge in [0.25, 0.3) is 5.56 Å². The fraction of sp³-hybridized carbons (Fsp3) is 0.111. The van der Waals surface area contributed by atoms with E-state index in [4.69, 9.17) is 0 Å². The van der Waals surface area contributed by atoms with Gasteiger partial charge in [-0.05, 0) is 49.7 Å². The van der Waals surface area contributed by atoms with E-state index in [2.05, 4.69) is 31.3 Å². The molecule has 5 aromatic rings. The predicted octanol–water partition coefficient (Wildman–Crippen LogP) is 5.25. The van der Waals surface area contributed by atoms with Crippen LogP contribution in [0.4, 0.5) is 5.69 Å². The number of aromatic nitrogens is 3. The van der Waals surface area contributed by atoms with Crippen LogP contribution in [0.25, 0.3) is 21.8 Å². The molecule has 3 aromatic carbocycles. The summed E-state index contributed by atoms with van der Waals surface area (Å²) in [5, 5.41) is 8.86. The first-order valence-corrected chi connectivity index (χ1v) is 11.9. The van der Waals surface area contributed by atoms with Gasteiger partial charge in [-0.25, -0.2) is 4.98 Å². The molecule has 8 heteroatoms. The third-order valence-corrected chi connectivity index (χ3v) is 6.33. The van der Waals surface area contributed by atoms with E-state index in [-0.39, 0.29) is 18.0 Å². The van der Waals surface area contributed by atoms with Gasteiger partial charge < -0.3 is 9.88 Å². The Labute approximate surface area is 209 Å². The summed E-state index contributed by atoms with van der Waals surface area (Å²) in [7, 11) is 0. The van der Waals surface area contributed by atoms with Crippen molar-refractivity contribution < 1.29 is 4.79 Å². The molecule has 35 heavy (non-hydrogen) atoms. The minimum atomic E-state index is -0.244. The van der Waals surface area contributed by atoms with Crippen LogP contribution < -0.4 is 10.9 Å². The molecule has 0 unspecified atom stereocenters. The molecule has 174 valence electrons. The van der Waals surface area contributed by atoms with Gasteiger partial charge in [0, 0.05) is 32.8 Å². The Morgan fingerprint density at radius 1 is 1.06 bits per heavy atom. The molecule has 0 atom stereocenters. The molecule has 0 aliphatic rings. The molecular formula is C27H22BrN5O2. The first-order valence-electron chi connectivity index (χ1n) is 11.1. The smallest absolute Gasteiger partial charge is 0.282 e. The van der Waals surface area contributed by atoms with Crippen LogP contribution in [-0.2, 0) is 11.3 Å². The van der Waals surface area contributed by atoms with Gasteiger partial charge in [-0.3, -0.25) is 9.59 Å². The molecule has 0 aliphatic heterocycles. The summed E-state index contributed by atoms with van der Waals surface area (Å²) in [5.74, 6) is 0.363. The number of amides is 1. The summed E-state index contributed by atoms with van der Waals surface area (Å²) >= 11 is 3.41. The number of hydrogen-bond donors (Lipinski definition) is 1. The average molecular weight is 528 g/mol. The lowest BCUT2D eigenvalue weighted by Gasteiger charge is -2.09. The molecule has 0 aliphatic carbocycles. The van der Waals surface area contributed by atoms with Crippen LogP contribution in [0.1, 0.15) is 17.0 Å². The van der Waals surface area contributed by atoms with Crippen molar-refractivity contribution in [2.24, 2.45) is 5.10 Å². The zero-order valence-corrected chi connectivity index (χ0v) is 20.8. The molecular weight excluding hydrogens is 506 g/mol. The predicted molar refractivity (Wildman–Crippen MR) is 143 cm³/mol. The minimum Gasteiger partial charge on any atom is -0.337 e. The van der Waals surface area contributed by atoms with Crippen molar-refractivity contribution in [1.82, 2.24) is 14.2 Å². The lowest BCUT2D eigenvalue weighted by Crippen LogP contribution is -2.20. The molecule has 2 aromatic heterocycles. The Bertz CT molecular complexity index is 1680. The van der Waals surface area contributed by atoms with Gasteiger partial charge >= 0.3 is 0 Å². The number of benzene rings is 3. The molecule has 1 amide bonds. The fourth-order valence-corrected chi connectivity index (χ4v) is 4.44. The molecule has 0 saturated carbocycles. The van der Waals surface area contributed by atoms with Gasteiger partial charge in [0.2, 0.25) is 5.91 Å². The van der Waals surface area contributed by atoms with Gasteiger partial charge in [-0.15, -0.1) is 0 Å². The van der Waals surface area contributed by atoms with Crippen LogP contribution in [0, 0.1) is 13.8 Å². The van der Waals surface area contributed by atoms with E-state index in [1.807, 2.05) is 72.3 Å². The Hall–Kier alpha value is -4.04. The Balaban J connectivity index is 1.49. The van der Waals surface area contributed by atoms with Gasteiger partial charge in [-0.1, -0.05) is 52.3 Å². The molecule has 0 fully saturated rings. The van der Waals surface area contributed by atoms with Crippen molar-refractivity contribution in [3.63, 3.8) is 0 Å². The number of nitrogens with one attached hydrogen (secondary N) is 1. The number of hydrogen-bond acceptors (Lipinski definition) is 4. The van der Waals surface area contributed by atoms with E-state index in [9.17, 15) is 9.59 Å². The highest BCUT2D eigenvalue weighted by molar-refractivity contribution is 9.10.